The lowest BCUT2D eigenvalue weighted by molar-refractivity contribution is -0.118. The van der Waals surface area contributed by atoms with Gasteiger partial charge in [-0.05, 0) is 20.5 Å². The SMILES string of the molecule is CN(C)C1CN2CCC(O)[C@@H]2[C@@H](O)C1O. The van der Waals surface area contributed by atoms with Gasteiger partial charge >= 0.3 is 0 Å². The molecule has 3 unspecified atom stereocenters. The Balaban J connectivity index is 2.14. The number of fused-ring (bicyclic) bond motifs is 1. The molecule has 0 aromatic carbocycles. The molecule has 2 aliphatic heterocycles. The number of likely N-dealkylation sites (N-methyl/N-ethyl adjacent to an activating group) is 1. The number of rotatable bonds is 1. The second kappa shape index (κ2) is 3.99. The van der Waals surface area contributed by atoms with E-state index in [1.54, 1.807) is 0 Å². The van der Waals surface area contributed by atoms with Gasteiger partial charge < -0.3 is 20.2 Å². The molecule has 0 bridgehead atoms. The summed E-state index contributed by atoms with van der Waals surface area (Å²) in [6.45, 7) is 1.52. The van der Waals surface area contributed by atoms with Crippen molar-refractivity contribution in [3.63, 3.8) is 0 Å². The molecule has 3 N–H and O–H groups in total. The fraction of sp³-hybridized carbons (Fsp3) is 1.00. The van der Waals surface area contributed by atoms with Crippen LogP contribution in [0.25, 0.3) is 0 Å². The molecule has 0 amide bonds. The van der Waals surface area contributed by atoms with E-state index in [1.807, 2.05) is 19.0 Å². The first-order valence-corrected chi connectivity index (χ1v) is 5.47. The third kappa shape index (κ3) is 1.79. The fourth-order valence-electron chi connectivity index (χ4n) is 2.76. The number of hydrogen-bond acceptors (Lipinski definition) is 5. The summed E-state index contributed by atoms with van der Waals surface area (Å²) in [5.74, 6) is 0. The van der Waals surface area contributed by atoms with Crippen molar-refractivity contribution in [1.29, 1.82) is 0 Å². The van der Waals surface area contributed by atoms with Gasteiger partial charge in [0.2, 0.25) is 0 Å². The Hall–Kier alpha value is -0.200. The number of aliphatic hydroxyl groups is 3. The van der Waals surface area contributed by atoms with E-state index in [2.05, 4.69) is 4.90 Å². The molecular formula is C10H20N2O3. The average molecular weight is 216 g/mol. The van der Waals surface area contributed by atoms with Crippen LogP contribution in [0.2, 0.25) is 0 Å². The summed E-state index contributed by atoms with van der Waals surface area (Å²) in [5, 5.41) is 29.6. The molecule has 5 atom stereocenters. The van der Waals surface area contributed by atoms with Gasteiger partial charge in [-0.15, -0.1) is 0 Å². The van der Waals surface area contributed by atoms with E-state index < -0.39 is 18.3 Å². The van der Waals surface area contributed by atoms with Crippen molar-refractivity contribution in [3.05, 3.63) is 0 Å². The minimum atomic E-state index is -0.844. The van der Waals surface area contributed by atoms with Gasteiger partial charge in [0.15, 0.2) is 0 Å². The first-order chi connectivity index (χ1) is 7.02. The van der Waals surface area contributed by atoms with Crippen LogP contribution in [0.5, 0.6) is 0 Å². The first kappa shape index (κ1) is 11.3. The Morgan fingerprint density at radius 2 is 1.80 bits per heavy atom. The molecule has 5 nitrogen and oxygen atoms in total. The Labute approximate surface area is 89.9 Å². The van der Waals surface area contributed by atoms with Crippen LogP contribution in [-0.4, -0.2) is 82.7 Å². The van der Waals surface area contributed by atoms with Crippen LogP contribution in [-0.2, 0) is 0 Å². The van der Waals surface area contributed by atoms with Crippen molar-refractivity contribution in [2.45, 2.75) is 36.8 Å². The molecule has 0 spiro atoms. The summed E-state index contributed by atoms with van der Waals surface area (Å²) in [5.41, 5.74) is 0. The zero-order valence-electron chi connectivity index (χ0n) is 9.24. The standard InChI is InChI=1S/C10H20N2O3/c1-11(2)6-5-12-4-3-7(13)8(12)10(15)9(6)14/h6-10,13-15H,3-5H2,1-2H3/t6?,7?,8-,9?,10-/m1/s1. The predicted molar refractivity (Wildman–Crippen MR) is 55.5 cm³/mol. The van der Waals surface area contributed by atoms with Crippen LogP contribution in [0.3, 0.4) is 0 Å². The molecule has 5 heteroatoms. The zero-order valence-corrected chi connectivity index (χ0v) is 9.24. The Morgan fingerprint density at radius 3 is 2.40 bits per heavy atom. The van der Waals surface area contributed by atoms with Crippen LogP contribution in [0, 0.1) is 0 Å². The first-order valence-electron chi connectivity index (χ1n) is 5.47. The van der Waals surface area contributed by atoms with Gasteiger partial charge in [0.1, 0.15) is 0 Å². The largest absolute Gasteiger partial charge is 0.391 e. The maximum Gasteiger partial charge on any atom is 0.0994 e. The number of nitrogens with zero attached hydrogens (tertiary/aromatic N) is 2. The Kier molecular flexibility index (Phi) is 3.00. The Morgan fingerprint density at radius 1 is 1.13 bits per heavy atom. The minimum absolute atomic E-state index is 0.0541. The zero-order chi connectivity index (χ0) is 11.2. The van der Waals surface area contributed by atoms with Crippen LogP contribution in [0.1, 0.15) is 6.42 Å². The molecule has 2 fully saturated rings. The van der Waals surface area contributed by atoms with Gasteiger partial charge in [-0.3, -0.25) is 4.90 Å². The molecule has 2 aliphatic rings. The minimum Gasteiger partial charge on any atom is -0.391 e. The van der Waals surface area contributed by atoms with Crippen molar-refractivity contribution >= 4 is 0 Å². The molecule has 0 aromatic rings. The van der Waals surface area contributed by atoms with Crippen molar-refractivity contribution in [2.24, 2.45) is 0 Å². The lowest BCUT2D eigenvalue weighted by Crippen LogP contribution is -2.64. The average Bonchev–Trinajstić information content (AvgIpc) is 2.53. The highest BCUT2D eigenvalue weighted by atomic mass is 16.3. The summed E-state index contributed by atoms with van der Waals surface area (Å²) in [6.07, 6.45) is -1.43. The van der Waals surface area contributed by atoms with Gasteiger partial charge in [-0.2, -0.15) is 0 Å². The van der Waals surface area contributed by atoms with E-state index >= 15 is 0 Å². The molecule has 2 rings (SSSR count). The third-order valence-corrected chi connectivity index (χ3v) is 3.71. The second-order valence-corrected chi connectivity index (χ2v) is 4.85. The molecular weight excluding hydrogens is 196 g/mol. The summed E-state index contributed by atoms with van der Waals surface area (Å²) in [6, 6.07) is -0.335. The van der Waals surface area contributed by atoms with Crippen LogP contribution >= 0.6 is 0 Å². The fourth-order valence-corrected chi connectivity index (χ4v) is 2.76. The topological polar surface area (TPSA) is 67.2 Å². The van der Waals surface area contributed by atoms with E-state index in [0.717, 1.165) is 6.54 Å². The molecule has 0 aliphatic carbocycles. The van der Waals surface area contributed by atoms with Gasteiger partial charge in [-0.25, -0.2) is 0 Å². The molecule has 0 aromatic heterocycles. The predicted octanol–water partition coefficient (Wildman–Crippen LogP) is -1.91. The summed E-state index contributed by atoms with van der Waals surface area (Å²) >= 11 is 0. The molecule has 0 saturated carbocycles. The quantitative estimate of drug-likeness (QED) is 0.477. The monoisotopic (exact) mass is 216 g/mol. The maximum absolute atomic E-state index is 9.96. The third-order valence-electron chi connectivity index (χ3n) is 3.71. The lowest BCUT2D eigenvalue weighted by atomic mass is 9.91. The lowest BCUT2D eigenvalue weighted by Gasteiger charge is -2.45. The highest BCUT2D eigenvalue weighted by molar-refractivity contribution is 5.03. The number of hydrogen-bond donors (Lipinski definition) is 3. The van der Waals surface area contributed by atoms with E-state index in [-0.39, 0.29) is 12.1 Å². The van der Waals surface area contributed by atoms with Gasteiger partial charge in [-0.1, -0.05) is 0 Å². The second-order valence-electron chi connectivity index (χ2n) is 4.85. The number of piperidine rings is 1. The molecule has 15 heavy (non-hydrogen) atoms. The van der Waals surface area contributed by atoms with Crippen LogP contribution in [0.15, 0.2) is 0 Å². The highest BCUT2D eigenvalue weighted by Crippen LogP contribution is 2.29. The Bertz CT molecular complexity index is 237. The summed E-state index contributed by atoms with van der Waals surface area (Å²) in [4.78, 5) is 4.00. The van der Waals surface area contributed by atoms with Crippen molar-refractivity contribution in [2.75, 3.05) is 27.2 Å². The van der Waals surface area contributed by atoms with Crippen molar-refractivity contribution in [1.82, 2.24) is 9.80 Å². The number of aliphatic hydroxyl groups excluding tert-OH is 3. The van der Waals surface area contributed by atoms with Crippen LogP contribution in [0.4, 0.5) is 0 Å². The summed E-state index contributed by atoms with van der Waals surface area (Å²) in [7, 11) is 3.79. The van der Waals surface area contributed by atoms with E-state index in [4.69, 9.17) is 0 Å². The summed E-state index contributed by atoms with van der Waals surface area (Å²) < 4.78 is 0. The highest BCUT2D eigenvalue weighted by Gasteiger charge is 2.48. The maximum atomic E-state index is 9.96. The van der Waals surface area contributed by atoms with Crippen LogP contribution < -0.4 is 0 Å². The molecule has 88 valence electrons. The van der Waals surface area contributed by atoms with Gasteiger partial charge in [0.25, 0.3) is 0 Å². The van der Waals surface area contributed by atoms with Gasteiger partial charge in [0, 0.05) is 13.1 Å². The molecule has 2 saturated heterocycles. The molecule has 2 heterocycles. The normalized spacial score (nSPS) is 47.2. The van der Waals surface area contributed by atoms with E-state index in [0.29, 0.717) is 13.0 Å². The molecule has 0 radical (unpaired) electrons. The van der Waals surface area contributed by atoms with Crippen molar-refractivity contribution < 1.29 is 15.3 Å². The van der Waals surface area contributed by atoms with E-state index in [1.165, 1.54) is 0 Å². The smallest absolute Gasteiger partial charge is 0.0994 e. The van der Waals surface area contributed by atoms with Crippen molar-refractivity contribution in [3.8, 4) is 0 Å². The van der Waals surface area contributed by atoms with Gasteiger partial charge in [0.05, 0.1) is 30.4 Å². The van der Waals surface area contributed by atoms with E-state index in [9.17, 15) is 15.3 Å².